The van der Waals surface area contributed by atoms with Gasteiger partial charge in [0.1, 0.15) is 5.25 Å². The van der Waals surface area contributed by atoms with Crippen LogP contribution in [-0.4, -0.2) is 27.3 Å². The summed E-state index contributed by atoms with van der Waals surface area (Å²) in [5, 5.41) is -0.427. The van der Waals surface area contributed by atoms with Gasteiger partial charge in [-0.3, -0.25) is 9.00 Å². The molecule has 3 atom stereocenters. The third-order valence-electron chi connectivity index (χ3n) is 2.69. The summed E-state index contributed by atoms with van der Waals surface area (Å²) in [4.78, 5) is 11.7. The largest absolute Gasteiger partial charge is 0.465 e. The van der Waals surface area contributed by atoms with Gasteiger partial charge in [-0.25, -0.2) is 0 Å². The maximum atomic E-state index is 12.2. The summed E-state index contributed by atoms with van der Waals surface area (Å²) >= 11 is 0. The molecule has 4 heteroatoms. The van der Waals surface area contributed by atoms with Crippen LogP contribution in [0.2, 0.25) is 0 Å². The van der Waals surface area contributed by atoms with Gasteiger partial charge in [0.15, 0.2) is 0 Å². The molecule has 0 rings (SSSR count). The Labute approximate surface area is 101 Å². The zero-order chi connectivity index (χ0) is 12.7. The van der Waals surface area contributed by atoms with Crippen LogP contribution in [0.1, 0.15) is 47.5 Å². The molecule has 3 unspecified atom stereocenters. The molecule has 96 valence electrons. The van der Waals surface area contributed by atoms with Crippen molar-refractivity contribution in [3.8, 4) is 0 Å². The summed E-state index contributed by atoms with van der Waals surface area (Å²) in [5.74, 6) is 0.00444. The molecule has 0 bridgehead atoms. The van der Waals surface area contributed by atoms with Gasteiger partial charge in [-0.05, 0) is 19.3 Å². The summed E-state index contributed by atoms with van der Waals surface area (Å²) in [6, 6.07) is 0. The van der Waals surface area contributed by atoms with E-state index in [1.54, 1.807) is 6.92 Å². The fraction of sp³-hybridized carbons (Fsp3) is 0.917. The van der Waals surface area contributed by atoms with E-state index in [9.17, 15) is 9.00 Å². The van der Waals surface area contributed by atoms with E-state index < -0.39 is 16.0 Å². The lowest BCUT2D eigenvalue weighted by Gasteiger charge is -2.21. The van der Waals surface area contributed by atoms with Crippen LogP contribution in [-0.2, 0) is 20.3 Å². The fourth-order valence-corrected chi connectivity index (χ4v) is 3.13. The molecule has 0 aromatic rings. The van der Waals surface area contributed by atoms with Crippen LogP contribution >= 0.6 is 0 Å². The van der Waals surface area contributed by atoms with Gasteiger partial charge >= 0.3 is 5.97 Å². The van der Waals surface area contributed by atoms with Gasteiger partial charge in [0.05, 0.1) is 6.61 Å². The van der Waals surface area contributed by atoms with Crippen LogP contribution in [0.5, 0.6) is 0 Å². The monoisotopic (exact) mass is 248 g/mol. The molecule has 16 heavy (non-hydrogen) atoms. The first-order valence-corrected chi connectivity index (χ1v) is 7.29. The van der Waals surface area contributed by atoms with E-state index >= 15 is 0 Å². The average Bonchev–Trinajstić information content (AvgIpc) is 2.24. The minimum absolute atomic E-state index is 0.0287. The Morgan fingerprint density at radius 2 is 1.81 bits per heavy atom. The number of carbonyl (C=O) groups excluding carboxylic acids is 1. The second kappa shape index (κ2) is 7.82. The van der Waals surface area contributed by atoms with E-state index in [2.05, 4.69) is 0 Å². The van der Waals surface area contributed by atoms with Gasteiger partial charge in [0, 0.05) is 16.0 Å². The van der Waals surface area contributed by atoms with E-state index in [4.69, 9.17) is 4.74 Å². The van der Waals surface area contributed by atoms with Gasteiger partial charge < -0.3 is 4.74 Å². The van der Waals surface area contributed by atoms with Crippen LogP contribution in [0.4, 0.5) is 0 Å². The third-order valence-corrected chi connectivity index (χ3v) is 4.95. The number of ether oxygens (including phenoxy) is 1. The minimum atomic E-state index is -1.14. The quantitative estimate of drug-likeness (QED) is 0.650. The van der Waals surface area contributed by atoms with E-state index in [-0.39, 0.29) is 11.2 Å². The Kier molecular flexibility index (Phi) is 7.64. The second-order valence-corrected chi connectivity index (χ2v) is 6.28. The number of hydrogen-bond donors (Lipinski definition) is 0. The van der Waals surface area contributed by atoms with Gasteiger partial charge in [0.2, 0.25) is 0 Å². The standard InChI is InChI=1S/C12H24O3S/c1-6-8-11(12(13)15-7-2)16(14)10(5)9(3)4/h9-11H,6-8H2,1-5H3. The van der Waals surface area contributed by atoms with Crippen molar-refractivity contribution < 1.29 is 13.7 Å². The Morgan fingerprint density at radius 3 is 2.19 bits per heavy atom. The molecular weight excluding hydrogens is 224 g/mol. The maximum absolute atomic E-state index is 12.2. The topological polar surface area (TPSA) is 43.4 Å². The number of carbonyl (C=O) groups is 1. The van der Waals surface area contributed by atoms with Crippen molar-refractivity contribution in [2.75, 3.05) is 6.61 Å². The molecule has 0 radical (unpaired) electrons. The molecule has 0 saturated carbocycles. The van der Waals surface area contributed by atoms with Gasteiger partial charge in [-0.2, -0.15) is 0 Å². The van der Waals surface area contributed by atoms with Crippen LogP contribution in [0, 0.1) is 5.92 Å². The lowest BCUT2D eigenvalue weighted by molar-refractivity contribution is -0.142. The van der Waals surface area contributed by atoms with Crippen molar-refractivity contribution in [3.05, 3.63) is 0 Å². The highest BCUT2D eigenvalue weighted by atomic mass is 32.2. The normalized spacial score (nSPS) is 16.9. The average molecular weight is 248 g/mol. The SMILES string of the molecule is CCCC(C(=O)OCC)S(=O)C(C)C(C)C. The summed E-state index contributed by atoms with van der Waals surface area (Å²) in [7, 11) is -1.14. The first kappa shape index (κ1) is 15.6. The Bertz CT molecular complexity index is 238. The first-order chi connectivity index (χ1) is 7.45. The zero-order valence-electron chi connectivity index (χ0n) is 11.0. The Morgan fingerprint density at radius 1 is 1.25 bits per heavy atom. The highest BCUT2D eigenvalue weighted by Crippen LogP contribution is 2.17. The first-order valence-electron chi connectivity index (χ1n) is 6.01. The fourth-order valence-electron chi connectivity index (χ4n) is 1.35. The molecule has 0 fully saturated rings. The number of hydrogen-bond acceptors (Lipinski definition) is 3. The molecule has 0 aliphatic carbocycles. The molecule has 0 N–H and O–H groups in total. The van der Waals surface area contributed by atoms with Crippen LogP contribution in [0.25, 0.3) is 0 Å². The number of esters is 1. The van der Waals surface area contributed by atoms with Crippen molar-refractivity contribution in [2.45, 2.75) is 58.0 Å². The smallest absolute Gasteiger partial charge is 0.321 e. The molecule has 3 nitrogen and oxygen atoms in total. The molecule has 0 aromatic carbocycles. The second-order valence-electron chi connectivity index (χ2n) is 4.31. The summed E-state index contributed by atoms with van der Waals surface area (Å²) in [6.07, 6.45) is 1.49. The molecule has 0 aliphatic rings. The van der Waals surface area contributed by atoms with E-state index in [0.29, 0.717) is 18.9 Å². The molecule has 0 spiro atoms. The van der Waals surface area contributed by atoms with Crippen LogP contribution in [0.3, 0.4) is 0 Å². The molecular formula is C12H24O3S. The Balaban J connectivity index is 4.64. The van der Waals surface area contributed by atoms with Crippen molar-refractivity contribution in [3.63, 3.8) is 0 Å². The third kappa shape index (κ3) is 4.64. The lowest BCUT2D eigenvalue weighted by atomic mass is 10.2. The predicted molar refractivity (Wildman–Crippen MR) is 67.8 cm³/mol. The summed E-state index contributed by atoms with van der Waals surface area (Å²) in [5.41, 5.74) is 0. The zero-order valence-corrected chi connectivity index (χ0v) is 11.8. The molecule has 0 aliphatic heterocycles. The van der Waals surface area contributed by atoms with Crippen molar-refractivity contribution in [1.82, 2.24) is 0 Å². The van der Waals surface area contributed by atoms with Crippen LogP contribution < -0.4 is 0 Å². The highest BCUT2D eigenvalue weighted by Gasteiger charge is 2.30. The lowest BCUT2D eigenvalue weighted by Crippen LogP contribution is -2.35. The predicted octanol–water partition coefficient (Wildman–Crippen LogP) is 2.51. The van der Waals surface area contributed by atoms with E-state index in [0.717, 1.165) is 6.42 Å². The van der Waals surface area contributed by atoms with Crippen molar-refractivity contribution in [1.29, 1.82) is 0 Å². The van der Waals surface area contributed by atoms with Gasteiger partial charge in [0.25, 0.3) is 0 Å². The molecule has 0 amide bonds. The number of rotatable bonds is 7. The summed E-state index contributed by atoms with van der Waals surface area (Å²) in [6.45, 7) is 10.1. The van der Waals surface area contributed by atoms with Crippen molar-refractivity contribution >= 4 is 16.8 Å². The Hall–Kier alpha value is -0.380. The van der Waals surface area contributed by atoms with Gasteiger partial charge in [-0.1, -0.05) is 34.1 Å². The molecule has 0 heterocycles. The molecule has 0 saturated heterocycles. The van der Waals surface area contributed by atoms with Crippen LogP contribution in [0.15, 0.2) is 0 Å². The maximum Gasteiger partial charge on any atom is 0.321 e. The van der Waals surface area contributed by atoms with E-state index in [1.165, 1.54) is 0 Å². The summed E-state index contributed by atoms with van der Waals surface area (Å²) < 4.78 is 17.2. The van der Waals surface area contributed by atoms with Gasteiger partial charge in [-0.15, -0.1) is 0 Å². The minimum Gasteiger partial charge on any atom is -0.465 e. The molecule has 0 aromatic heterocycles. The van der Waals surface area contributed by atoms with E-state index in [1.807, 2.05) is 27.7 Å². The highest BCUT2D eigenvalue weighted by molar-refractivity contribution is 7.87. The van der Waals surface area contributed by atoms with Crippen molar-refractivity contribution in [2.24, 2.45) is 5.92 Å².